The molecule has 0 saturated heterocycles. The molecule has 1 aliphatic rings. The molecule has 0 fully saturated rings. The molecular weight excluding hydrogens is 364 g/mol. The maximum Gasteiger partial charge on any atom is 0.0707 e. The van der Waals surface area contributed by atoms with Gasteiger partial charge in [-0.2, -0.15) is 0 Å². The topological polar surface area (TPSA) is 52.0 Å². The van der Waals surface area contributed by atoms with E-state index in [4.69, 9.17) is 11.5 Å². The van der Waals surface area contributed by atoms with E-state index in [2.05, 4.69) is 69.2 Å². The first-order valence-corrected chi connectivity index (χ1v) is 10.0. The minimum atomic E-state index is -0.561. The van der Waals surface area contributed by atoms with Gasteiger partial charge in [0.1, 0.15) is 0 Å². The van der Waals surface area contributed by atoms with Crippen LogP contribution >= 0.6 is 0 Å². The monoisotopic (exact) mass is 396 g/mol. The molecule has 0 aliphatic heterocycles. The van der Waals surface area contributed by atoms with Crippen molar-refractivity contribution in [2.45, 2.75) is 26.2 Å². The predicted octanol–water partition coefficient (Wildman–Crippen LogP) is 6.40. The zero-order valence-corrected chi connectivity index (χ0v) is 18.3. The van der Waals surface area contributed by atoms with Gasteiger partial charge in [0, 0.05) is 11.4 Å². The highest BCUT2D eigenvalue weighted by molar-refractivity contribution is 5.95. The Labute approximate surface area is 181 Å². The SMILES string of the molecule is C=CC=C1/C(=C\C)C(/C(C=C)=C/C=C(\C)N)(C(/C=C\C(=C)N)=C/C)c2ccccc21. The first-order valence-electron chi connectivity index (χ1n) is 10.0. The van der Waals surface area contributed by atoms with Gasteiger partial charge in [-0.3, -0.25) is 0 Å². The van der Waals surface area contributed by atoms with E-state index in [1.165, 1.54) is 16.7 Å². The van der Waals surface area contributed by atoms with E-state index in [0.29, 0.717) is 5.70 Å². The van der Waals surface area contributed by atoms with Crippen LogP contribution < -0.4 is 11.5 Å². The van der Waals surface area contributed by atoms with Gasteiger partial charge in [-0.15, -0.1) is 0 Å². The van der Waals surface area contributed by atoms with Crippen molar-refractivity contribution in [3.8, 4) is 0 Å². The molecule has 1 aliphatic carbocycles. The van der Waals surface area contributed by atoms with Gasteiger partial charge >= 0.3 is 0 Å². The van der Waals surface area contributed by atoms with Gasteiger partial charge in [0.05, 0.1) is 5.41 Å². The van der Waals surface area contributed by atoms with Crippen LogP contribution in [0.15, 0.2) is 127 Å². The van der Waals surface area contributed by atoms with Crippen LogP contribution in [-0.4, -0.2) is 0 Å². The van der Waals surface area contributed by atoms with E-state index < -0.39 is 5.41 Å². The third-order valence-electron chi connectivity index (χ3n) is 5.29. The van der Waals surface area contributed by atoms with Gasteiger partial charge < -0.3 is 11.5 Å². The van der Waals surface area contributed by atoms with Crippen molar-refractivity contribution in [1.29, 1.82) is 0 Å². The van der Waals surface area contributed by atoms with Crippen LogP contribution in [0, 0.1) is 0 Å². The average molecular weight is 397 g/mol. The van der Waals surface area contributed by atoms with Crippen molar-refractivity contribution >= 4 is 5.57 Å². The Morgan fingerprint density at radius 1 is 1.00 bits per heavy atom. The number of hydrogen-bond donors (Lipinski definition) is 2. The Hall–Kier alpha value is -3.52. The summed E-state index contributed by atoms with van der Waals surface area (Å²) in [6.45, 7) is 17.9. The summed E-state index contributed by atoms with van der Waals surface area (Å²) in [5, 5.41) is 0. The third kappa shape index (κ3) is 3.95. The first-order chi connectivity index (χ1) is 14.4. The molecule has 30 heavy (non-hydrogen) atoms. The highest BCUT2D eigenvalue weighted by atomic mass is 14.6. The molecule has 1 unspecified atom stereocenters. The maximum atomic E-state index is 5.97. The van der Waals surface area contributed by atoms with Gasteiger partial charge in [0.15, 0.2) is 0 Å². The van der Waals surface area contributed by atoms with E-state index in [0.717, 1.165) is 22.4 Å². The Morgan fingerprint density at radius 3 is 2.23 bits per heavy atom. The lowest BCUT2D eigenvalue weighted by Crippen LogP contribution is -2.29. The van der Waals surface area contributed by atoms with Gasteiger partial charge in [0.2, 0.25) is 0 Å². The highest BCUT2D eigenvalue weighted by Crippen LogP contribution is 2.58. The predicted molar refractivity (Wildman–Crippen MR) is 132 cm³/mol. The molecule has 1 atom stereocenters. The molecule has 4 N–H and O–H groups in total. The van der Waals surface area contributed by atoms with Crippen molar-refractivity contribution in [2.75, 3.05) is 0 Å². The molecule has 154 valence electrons. The number of fused-ring (bicyclic) bond motifs is 1. The molecule has 0 heterocycles. The molecular formula is C28H32N2. The van der Waals surface area contributed by atoms with Crippen molar-refractivity contribution < 1.29 is 0 Å². The lowest BCUT2D eigenvalue weighted by atomic mass is 9.66. The molecule has 2 rings (SSSR count). The van der Waals surface area contributed by atoms with Crippen molar-refractivity contribution in [3.63, 3.8) is 0 Å². The standard InChI is InChI=1S/C28H32N2/c1-7-13-24-25-14-11-12-15-27(25)28(26(24)10-4,22(8-2)18-16-20(5)29)23(9-3)19-17-21(6)30/h7-19H,1-2,6,29-30H2,3-5H3/b19-17-,20-16+,22-18+,23-9+,24-13?,26-10+. The van der Waals surface area contributed by atoms with E-state index in [9.17, 15) is 0 Å². The molecule has 0 amide bonds. The van der Waals surface area contributed by atoms with Crippen LogP contribution in [0.25, 0.3) is 5.57 Å². The van der Waals surface area contributed by atoms with Crippen LogP contribution in [0.5, 0.6) is 0 Å². The summed E-state index contributed by atoms with van der Waals surface area (Å²) in [5.41, 5.74) is 19.3. The van der Waals surface area contributed by atoms with Crippen molar-refractivity contribution in [3.05, 3.63) is 138 Å². The number of allylic oxidation sites excluding steroid dienone is 14. The minimum Gasteiger partial charge on any atom is -0.402 e. The van der Waals surface area contributed by atoms with Gasteiger partial charge in [-0.05, 0) is 66.3 Å². The number of rotatable bonds is 7. The summed E-state index contributed by atoms with van der Waals surface area (Å²) < 4.78 is 0. The Morgan fingerprint density at radius 2 is 1.70 bits per heavy atom. The van der Waals surface area contributed by atoms with E-state index >= 15 is 0 Å². The normalized spacial score (nSPS) is 22.6. The van der Waals surface area contributed by atoms with Crippen LogP contribution in [-0.2, 0) is 5.41 Å². The van der Waals surface area contributed by atoms with Crippen LogP contribution in [0.1, 0.15) is 31.9 Å². The van der Waals surface area contributed by atoms with Gasteiger partial charge in [-0.1, -0.05) is 86.5 Å². The second-order valence-corrected chi connectivity index (χ2v) is 7.20. The van der Waals surface area contributed by atoms with E-state index in [1.807, 2.05) is 50.3 Å². The van der Waals surface area contributed by atoms with Crippen LogP contribution in [0.2, 0.25) is 0 Å². The molecule has 2 heteroatoms. The molecule has 1 aromatic carbocycles. The maximum absolute atomic E-state index is 5.97. The fraction of sp³-hybridized carbons (Fsp3) is 0.143. The lowest BCUT2D eigenvalue weighted by Gasteiger charge is -2.36. The summed E-state index contributed by atoms with van der Waals surface area (Å²) in [5.74, 6) is 0. The smallest absolute Gasteiger partial charge is 0.0707 e. The zero-order valence-electron chi connectivity index (χ0n) is 18.3. The summed E-state index contributed by atoms with van der Waals surface area (Å²) in [7, 11) is 0. The lowest BCUT2D eigenvalue weighted by molar-refractivity contribution is 0.763. The van der Waals surface area contributed by atoms with Gasteiger partial charge in [0.25, 0.3) is 0 Å². The zero-order chi connectivity index (χ0) is 22.3. The number of benzene rings is 1. The quantitative estimate of drug-likeness (QED) is 0.524. The second kappa shape index (κ2) is 9.80. The number of hydrogen-bond acceptors (Lipinski definition) is 2. The van der Waals surface area contributed by atoms with Crippen LogP contribution in [0.4, 0.5) is 0 Å². The third-order valence-corrected chi connectivity index (χ3v) is 5.29. The molecule has 2 nitrogen and oxygen atoms in total. The summed E-state index contributed by atoms with van der Waals surface area (Å²) in [4.78, 5) is 0. The van der Waals surface area contributed by atoms with Crippen molar-refractivity contribution in [1.82, 2.24) is 0 Å². The molecule has 0 radical (unpaired) electrons. The van der Waals surface area contributed by atoms with E-state index in [1.54, 1.807) is 0 Å². The molecule has 0 bridgehead atoms. The second-order valence-electron chi connectivity index (χ2n) is 7.20. The fourth-order valence-corrected chi connectivity index (χ4v) is 4.20. The largest absolute Gasteiger partial charge is 0.402 e. The Bertz CT molecular complexity index is 1030. The summed E-state index contributed by atoms with van der Waals surface area (Å²) in [6.07, 6.45) is 17.9. The van der Waals surface area contributed by atoms with E-state index in [-0.39, 0.29) is 0 Å². The minimum absolute atomic E-state index is 0.501. The molecule has 1 aromatic rings. The summed E-state index contributed by atoms with van der Waals surface area (Å²) >= 11 is 0. The van der Waals surface area contributed by atoms with Gasteiger partial charge in [-0.25, -0.2) is 0 Å². The Kier molecular flexibility index (Phi) is 7.43. The first kappa shape index (κ1) is 22.8. The highest BCUT2D eigenvalue weighted by Gasteiger charge is 2.48. The summed E-state index contributed by atoms with van der Waals surface area (Å²) in [6, 6.07) is 8.46. The molecule has 0 spiro atoms. The molecule has 0 aromatic heterocycles. The van der Waals surface area contributed by atoms with Crippen molar-refractivity contribution in [2.24, 2.45) is 11.5 Å². The average Bonchev–Trinajstić information content (AvgIpc) is 2.99. The van der Waals surface area contributed by atoms with Crippen LogP contribution in [0.3, 0.4) is 0 Å². The Balaban J connectivity index is 3.09. The number of nitrogens with two attached hydrogens (primary N) is 2. The fourth-order valence-electron chi connectivity index (χ4n) is 4.20. The molecule has 0 saturated carbocycles.